The summed E-state index contributed by atoms with van der Waals surface area (Å²) in [6.45, 7) is 4.19. The van der Waals surface area contributed by atoms with E-state index in [1.165, 1.54) is 19.4 Å². The van der Waals surface area contributed by atoms with E-state index in [1.54, 1.807) is 0 Å². The van der Waals surface area contributed by atoms with Crippen molar-refractivity contribution in [3.8, 4) is 6.07 Å². The van der Waals surface area contributed by atoms with Crippen LogP contribution in [0.1, 0.15) is 32.1 Å². The van der Waals surface area contributed by atoms with Crippen LogP contribution in [-0.4, -0.2) is 38.3 Å². The van der Waals surface area contributed by atoms with Gasteiger partial charge in [-0.3, -0.25) is 0 Å². The van der Waals surface area contributed by atoms with Crippen molar-refractivity contribution in [3.05, 3.63) is 0 Å². The predicted octanol–water partition coefficient (Wildman–Crippen LogP) is 2.04. The maximum Gasteiger partial charge on any atom is 0.0621 e. The van der Waals surface area contributed by atoms with Gasteiger partial charge in [0, 0.05) is 26.2 Å². The summed E-state index contributed by atoms with van der Waals surface area (Å²) >= 11 is 0. The van der Waals surface area contributed by atoms with Crippen LogP contribution in [-0.2, 0) is 4.74 Å². The van der Waals surface area contributed by atoms with Crippen molar-refractivity contribution in [3.63, 3.8) is 0 Å². The zero-order valence-corrected chi connectivity index (χ0v) is 9.74. The number of ether oxygens (including phenoxy) is 1. The third-order valence-corrected chi connectivity index (χ3v) is 2.99. The second-order valence-corrected chi connectivity index (χ2v) is 4.43. The molecule has 1 heterocycles. The number of hydrogen-bond acceptors (Lipinski definition) is 3. The normalized spacial score (nSPS) is 17.9. The van der Waals surface area contributed by atoms with Crippen molar-refractivity contribution in [1.29, 1.82) is 5.26 Å². The van der Waals surface area contributed by atoms with Crippen LogP contribution in [0.2, 0.25) is 0 Å². The Hall–Kier alpha value is -0.590. The van der Waals surface area contributed by atoms with E-state index in [0.29, 0.717) is 6.42 Å². The van der Waals surface area contributed by atoms with Crippen LogP contribution in [0.25, 0.3) is 0 Å². The van der Waals surface area contributed by atoms with Gasteiger partial charge in [0.15, 0.2) is 0 Å². The lowest BCUT2D eigenvalue weighted by molar-refractivity contribution is 0.0556. The van der Waals surface area contributed by atoms with Crippen LogP contribution in [0.5, 0.6) is 0 Å². The zero-order valence-electron chi connectivity index (χ0n) is 9.74. The molecule has 0 atom stereocenters. The van der Waals surface area contributed by atoms with E-state index in [4.69, 9.17) is 10.00 Å². The summed E-state index contributed by atoms with van der Waals surface area (Å²) in [6.07, 6.45) is 5.30. The monoisotopic (exact) mass is 210 g/mol. The SMILES string of the molecule is CN(CCCCC#N)CC1CCOCC1. The Morgan fingerprint density at radius 3 is 2.73 bits per heavy atom. The molecule has 0 aromatic rings. The van der Waals surface area contributed by atoms with Gasteiger partial charge in [-0.15, -0.1) is 0 Å². The Morgan fingerprint density at radius 2 is 2.07 bits per heavy atom. The Balaban J connectivity index is 2.01. The highest BCUT2D eigenvalue weighted by atomic mass is 16.5. The first kappa shape index (κ1) is 12.5. The van der Waals surface area contributed by atoms with E-state index in [2.05, 4.69) is 18.0 Å². The summed E-state index contributed by atoms with van der Waals surface area (Å²) in [5.74, 6) is 0.819. The third-order valence-electron chi connectivity index (χ3n) is 2.99. The van der Waals surface area contributed by atoms with Gasteiger partial charge in [0.2, 0.25) is 0 Å². The number of nitrogens with zero attached hydrogens (tertiary/aromatic N) is 2. The van der Waals surface area contributed by atoms with Gasteiger partial charge in [-0.25, -0.2) is 0 Å². The van der Waals surface area contributed by atoms with E-state index in [0.717, 1.165) is 38.5 Å². The van der Waals surface area contributed by atoms with Gasteiger partial charge < -0.3 is 9.64 Å². The summed E-state index contributed by atoms with van der Waals surface area (Å²) < 4.78 is 5.34. The smallest absolute Gasteiger partial charge is 0.0621 e. The van der Waals surface area contributed by atoms with Crippen molar-refractivity contribution in [2.24, 2.45) is 5.92 Å². The third kappa shape index (κ3) is 5.76. The average Bonchev–Trinajstić information content (AvgIpc) is 2.26. The number of unbranched alkanes of at least 4 members (excludes halogenated alkanes) is 2. The molecule has 1 aliphatic rings. The number of nitriles is 1. The molecule has 3 nitrogen and oxygen atoms in total. The molecule has 86 valence electrons. The number of hydrogen-bond donors (Lipinski definition) is 0. The number of rotatable bonds is 6. The molecule has 1 saturated heterocycles. The average molecular weight is 210 g/mol. The Labute approximate surface area is 93.0 Å². The fraction of sp³-hybridized carbons (Fsp3) is 0.917. The highest BCUT2D eigenvalue weighted by Gasteiger charge is 2.15. The first-order chi connectivity index (χ1) is 7.33. The lowest BCUT2D eigenvalue weighted by Crippen LogP contribution is -2.30. The Morgan fingerprint density at radius 1 is 1.33 bits per heavy atom. The largest absolute Gasteiger partial charge is 0.381 e. The van der Waals surface area contributed by atoms with E-state index >= 15 is 0 Å². The molecule has 0 N–H and O–H groups in total. The van der Waals surface area contributed by atoms with Gasteiger partial charge in [-0.05, 0) is 45.2 Å². The maximum absolute atomic E-state index is 8.42. The van der Waals surface area contributed by atoms with Gasteiger partial charge in [-0.1, -0.05) is 0 Å². The minimum absolute atomic E-state index is 0.700. The van der Waals surface area contributed by atoms with Crippen LogP contribution >= 0.6 is 0 Å². The van der Waals surface area contributed by atoms with Crippen molar-refractivity contribution in [1.82, 2.24) is 4.90 Å². The summed E-state index contributed by atoms with van der Waals surface area (Å²) in [4.78, 5) is 2.40. The minimum Gasteiger partial charge on any atom is -0.381 e. The van der Waals surface area contributed by atoms with Crippen molar-refractivity contribution >= 4 is 0 Å². The van der Waals surface area contributed by atoms with Gasteiger partial charge in [0.05, 0.1) is 6.07 Å². The molecule has 0 unspecified atom stereocenters. The van der Waals surface area contributed by atoms with E-state index in [9.17, 15) is 0 Å². The van der Waals surface area contributed by atoms with E-state index < -0.39 is 0 Å². The van der Waals surface area contributed by atoms with Gasteiger partial charge in [-0.2, -0.15) is 5.26 Å². The summed E-state index contributed by atoms with van der Waals surface area (Å²) in [5, 5.41) is 8.42. The first-order valence-electron chi connectivity index (χ1n) is 5.96. The zero-order chi connectivity index (χ0) is 10.9. The van der Waals surface area contributed by atoms with Crippen LogP contribution in [0.15, 0.2) is 0 Å². The maximum atomic E-state index is 8.42. The molecule has 0 aliphatic carbocycles. The van der Waals surface area contributed by atoms with Crippen LogP contribution in [0, 0.1) is 17.2 Å². The van der Waals surface area contributed by atoms with Gasteiger partial charge in [0.25, 0.3) is 0 Å². The molecule has 0 aromatic carbocycles. The molecular weight excluding hydrogens is 188 g/mol. The fourth-order valence-corrected chi connectivity index (χ4v) is 2.05. The lowest BCUT2D eigenvalue weighted by Gasteiger charge is -2.27. The molecule has 0 radical (unpaired) electrons. The van der Waals surface area contributed by atoms with Gasteiger partial charge in [0.1, 0.15) is 0 Å². The van der Waals surface area contributed by atoms with Gasteiger partial charge >= 0.3 is 0 Å². The molecule has 3 heteroatoms. The summed E-state index contributed by atoms with van der Waals surface area (Å²) in [5.41, 5.74) is 0. The highest BCUT2D eigenvalue weighted by molar-refractivity contribution is 4.70. The molecule has 1 fully saturated rings. The molecule has 0 bridgehead atoms. The molecule has 0 saturated carbocycles. The molecule has 0 aromatic heterocycles. The quantitative estimate of drug-likeness (QED) is 0.629. The summed E-state index contributed by atoms with van der Waals surface area (Å²) in [6, 6.07) is 2.19. The molecule has 15 heavy (non-hydrogen) atoms. The van der Waals surface area contributed by atoms with Crippen molar-refractivity contribution in [2.45, 2.75) is 32.1 Å². The topological polar surface area (TPSA) is 36.3 Å². The Bertz CT molecular complexity index is 194. The summed E-state index contributed by atoms with van der Waals surface area (Å²) in [7, 11) is 2.18. The molecular formula is C12H22N2O. The van der Waals surface area contributed by atoms with E-state index in [1.807, 2.05) is 0 Å². The molecule has 1 rings (SSSR count). The van der Waals surface area contributed by atoms with Crippen LogP contribution < -0.4 is 0 Å². The van der Waals surface area contributed by atoms with Crippen LogP contribution in [0.4, 0.5) is 0 Å². The van der Waals surface area contributed by atoms with Crippen molar-refractivity contribution in [2.75, 3.05) is 33.4 Å². The van der Waals surface area contributed by atoms with Crippen LogP contribution in [0.3, 0.4) is 0 Å². The fourth-order valence-electron chi connectivity index (χ4n) is 2.05. The van der Waals surface area contributed by atoms with E-state index in [-0.39, 0.29) is 0 Å². The highest BCUT2D eigenvalue weighted by Crippen LogP contribution is 2.15. The second kappa shape index (κ2) is 7.67. The second-order valence-electron chi connectivity index (χ2n) is 4.43. The lowest BCUT2D eigenvalue weighted by atomic mass is 10.00. The minimum atomic E-state index is 0.700. The predicted molar refractivity (Wildman–Crippen MR) is 60.5 cm³/mol. The van der Waals surface area contributed by atoms with Crippen molar-refractivity contribution < 1.29 is 4.74 Å². The molecule has 0 spiro atoms. The molecule has 0 amide bonds. The standard InChI is InChI=1S/C12H22N2O/c1-14(8-4-2-3-7-13)11-12-5-9-15-10-6-12/h12H,2-6,8-11H2,1H3. The molecule has 1 aliphatic heterocycles. The first-order valence-corrected chi connectivity index (χ1v) is 5.96. The Kier molecular flexibility index (Phi) is 6.38.